The number of thioether (sulfide) groups is 1. The van der Waals surface area contributed by atoms with Gasteiger partial charge in [-0.2, -0.15) is 4.98 Å². The number of carbonyl (C=O) groups excluding carboxylic acids is 1. The lowest BCUT2D eigenvalue weighted by Gasteiger charge is -2.14. The van der Waals surface area contributed by atoms with Crippen LogP contribution in [0.2, 0.25) is 0 Å². The van der Waals surface area contributed by atoms with Gasteiger partial charge in [0.2, 0.25) is 5.91 Å². The van der Waals surface area contributed by atoms with Crippen LogP contribution in [0.3, 0.4) is 0 Å². The number of nitrogens with zero attached hydrogens (tertiary/aromatic N) is 4. The van der Waals surface area contributed by atoms with Crippen molar-refractivity contribution in [3.05, 3.63) is 94.2 Å². The van der Waals surface area contributed by atoms with E-state index >= 15 is 0 Å². The zero-order chi connectivity index (χ0) is 32.0. The first kappa shape index (κ1) is 36.1. The molecule has 0 aliphatic rings. The Balaban J connectivity index is 1.36. The summed E-state index contributed by atoms with van der Waals surface area (Å²) in [5.41, 5.74) is 2.02. The van der Waals surface area contributed by atoms with Gasteiger partial charge < -0.3 is 9.88 Å². The molecule has 0 spiro atoms. The maximum absolute atomic E-state index is 13.3. The molecular weight excluding hydrogens is 585 g/mol. The van der Waals surface area contributed by atoms with E-state index in [0.29, 0.717) is 48.8 Å². The number of nitrogens with one attached hydrogen (secondary N) is 1. The van der Waals surface area contributed by atoms with Crippen molar-refractivity contribution >= 4 is 17.7 Å². The first-order valence-electron chi connectivity index (χ1n) is 16.7. The zero-order valence-corrected chi connectivity index (χ0v) is 27.7. The Morgan fingerprint density at radius 1 is 0.889 bits per heavy atom. The molecule has 0 saturated heterocycles. The molecule has 2 heterocycles. The Hall–Kier alpha value is -3.33. The summed E-state index contributed by atoms with van der Waals surface area (Å²) in [5, 5.41) is 3.64. The summed E-state index contributed by atoms with van der Waals surface area (Å²) in [6.45, 7) is 3.51. The molecule has 3 rings (SSSR count). The molecule has 0 saturated carbocycles. The Labute approximate surface area is 272 Å². The fourth-order valence-electron chi connectivity index (χ4n) is 5.03. The van der Waals surface area contributed by atoms with E-state index in [-0.39, 0.29) is 17.3 Å². The largest absolute Gasteiger partial charge is 0.356 e. The van der Waals surface area contributed by atoms with Gasteiger partial charge in [0.05, 0.1) is 0 Å². The molecule has 0 unspecified atom stereocenters. The van der Waals surface area contributed by atoms with Crippen LogP contribution in [0, 0.1) is 5.82 Å². The number of unbranched alkanes of at least 4 members (excludes halogenated alkanes) is 10. The van der Waals surface area contributed by atoms with Crippen LogP contribution in [0.15, 0.2) is 71.3 Å². The third-order valence-corrected chi connectivity index (χ3v) is 8.69. The summed E-state index contributed by atoms with van der Waals surface area (Å²) in [4.78, 5) is 37.8. The predicted molar refractivity (Wildman–Crippen MR) is 182 cm³/mol. The van der Waals surface area contributed by atoms with Gasteiger partial charge in [0.1, 0.15) is 12.1 Å². The lowest BCUT2D eigenvalue weighted by atomic mass is 10.1. The van der Waals surface area contributed by atoms with Crippen molar-refractivity contribution < 1.29 is 9.18 Å². The van der Waals surface area contributed by atoms with Crippen molar-refractivity contribution in [3.63, 3.8) is 0 Å². The minimum absolute atomic E-state index is 0.0488. The number of aromatic nitrogens is 4. The summed E-state index contributed by atoms with van der Waals surface area (Å²) >= 11 is 1.43. The van der Waals surface area contributed by atoms with Gasteiger partial charge in [-0.3, -0.25) is 9.59 Å². The summed E-state index contributed by atoms with van der Waals surface area (Å²) in [6, 6.07) is 6.32. The first-order chi connectivity index (χ1) is 22.0. The quantitative estimate of drug-likeness (QED) is 0.0489. The lowest BCUT2D eigenvalue weighted by Crippen LogP contribution is -2.25. The maximum atomic E-state index is 13.3. The SMILES string of the molecule is CCCCCC/C=C/CCCCCCCCNC(=O)CCCn1cc(Cc2cncnc2)c(=O)nc1SCc1ccc(F)cc1. The highest BCUT2D eigenvalue weighted by atomic mass is 32.2. The van der Waals surface area contributed by atoms with Gasteiger partial charge in [-0.05, 0) is 61.8 Å². The Bertz CT molecular complexity index is 1330. The van der Waals surface area contributed by atoms with E-state index in [1.165, 1.54) is 94.4 Å². The lowest BCUT2D eigenvalue weighted by molar-refractivity contribution is -0.121. The van der Waals surface area contributed by atoms with Crippen molar-refractivity contribution in [2.45, 2.75) is 121 Å². The van der Waals surface area contributed by atoms with Crippen LogP contribution in [0.5, 0.6) is 0 Å². The van der Waals surface area contributed by atoms with Gasteiger partial charge >= 0.3 is 0 Å². The van der Waals surface area contributed by atoms with Crippen LogP contribution in [-0.2, 0) is 23.5 Å². The molecule has 244 valence electrons. The smallest absolute Gasteiger partial charge is 0.277 e. The topological polar surface area (TPSA) is 89.8 Å². The summed E-state index contributed by atoms with van der Waals surface area (Å²) in [7, 11) is 0. The van der Waals surface area contributed by atoms with Crippen molar-refractivity contribution in [2.24, 2.45) is 0 Å². The molecule has 0 atom stereocenters. The third kappa shape index (κ3) is 15.5. The van der Waals surface area contributed by atoms with Gasteiger partial charge in [-0.15, -0.1) is 0 Å². The fraction of sp³-hybridized carbons (Fsp3) is 0.528. The van der Waals surface area contributed by atoms with Crippen LogP contribution in [0.25, 0.3) is 0 Å². The molecule has 1 N–H and O–H groups in total. The number of halogens is 1. The molecule has 2 aromatic heterocycles. The predicted octanol–water partition coefficient (Wildman–Crippen LogP) is 8.21. The minimum Gasteiger partial charge on any atom is -0.356 e. The standard InChI is InChI=1S/C36H50FN5O2S/c1-2-3-4-5-6-7-8-9-10-11-12-13-14-15-22-40-34(43)17-16-23-42-27-32(24-31-25-38-29-39-26-31)35(44)41-36(42)45-28-30-18-20-33(37)21-19-30/h7-8,18-21,25-27,29H,2-6,9-17,22-24,28H2,1H3,(H,40,43)/b8-7+. The number of amides is 1. The molecule has 0 aliphatic carbocycles. The normalized spacial score (nSPS) is 11.3. The van der Waals surface area contributed by atoms with Crippen LogP contribution >= 0.6 is 11.8 Å². The molecule has 7 nitrogen and oxygen atoms in total. The molecule has 0 fully saturated rings. The second kappa shape index (κ2) is 22.2. The third-order valence-electron chi connectivity index (χ3n) is 7.63. The van der Waals surface area contributed by atoms with Crippen LogP contribution in [-0.4, -0.2) is 32.0 Å². The Morgan fingerprint density at radius 3 is 2.27 bits per heavy atom. The summed E-state index contributed by atoms with van der Waals surface area (Å²) in [5.74, 6) is 0.316. The van der Waals surface area contributed by atoms with E-state index in [2.05, 4.69) is 39.3 Å². The molecule has 0 radical (unpaired) electrons. The van der Waals surface area contributed by atoms with Gasteiger partial charge in [-0.1, -0.05) is 87.9 Å². The van der Waals surface area contributed by atoms with Gasteiger partial charge in [0.15, 0.2) is 5.16 Å². The highest BCUT2D eigenvalue weighted by molar-refractivity contribution is 7.98. The van der Waals surface area contributed by atoms with Gasteiger partial charge in [-0.25, -0.2) is 14.4 Å². The number of carbonyl (C=O) groups is 1. The highest BCUT2D eigenvalue weighted by Crippen LogP contribution is 2.22. The van der Waals surface area contributed by atoms with E-state index in [0.717, 1.165) is 24.0 Å². The second-order valence-electron chi connectivity index (χ2n) is 11.6. The summed E-state index contributed by atoms with van der Waals surface area (Å²) in [6.07, 6.45) is 27.7. The maximum Gasteiger partial charge on any atom is 0.277 e. The molecule has 1 amide bonds. The first-order valence-corrected chi connectivity index (χ1v) is 17.7. The molecule has 9 heteroatoms. The van der Waals surface area contributed by atoms with Crippen molar-refractivity contribution in [2.75, 3.05) is 6.54 Å². The van der Waals surface area contributed by atoms with Gasteiger partial charge in [0, 0.05) is 55.8 Å². The molecule has 1 aromatic carbocycles. The van der Waals surface area contributed by atoms with Crippen LogP contribution < -0.4 is 10.9 Å². The molecule has 0 bridgehead atoms. The number of hydrogen-bond donors (Lipinski definition) is 1. The van der Waals surface area contributed by atoms with E-state index in [1.807, 2.05) is 10.8 Å². The van der Waals surface area contributed by atoms with Gasteiger partial charge in [0.25, 0.3) is 5.56 Å². The van der Waals surface area contributed by atoms with Crippen LogP contribution in [0.4, 0.5) is 4.39 Å². The molecule has 0 aliphatic heterocycles. The second-order valence-corrected chi connectivity index (χ2v) is 12.5. The monoisotopic (exact) mass is 635 g/mol. The number of rotatable bonds is 23. The zero-order valence-electron chi connectivity index (χ0n) is 26.9. The average molecular weight is 636 g/mol. The number of hydrogen-bond acceptors (Lipinski definition) is 6. The van der Waals surface area contributed by atoms with Crippen molar-refractivity contribution in [3.8, 4) is 0 Å². The molecular formula is C36H50FN5O2S. The van der Waals surface area contributed by atoms with Crippen LogP contribution in [0.1, 0.15) is 114 Å². The van der Waals surface area contributed by atoms with E-state index < -0.39 is 0 Å². The molecule has 3 aromatic rings. The fourth-order valence-corrected chi connectivity index (χ4v) is 5.98. The summed E-state index contributed by atoms with van der Waals surface area (Å²) < 4.78 is 15.3. The Morgan fingerprint density at radius 2 is 1.56 bits per heavy atom. The Kier molecular flexibility index (Phi) is 17.8. The number of allylic oxidation sites excluding steroid dienone is 2. The highest BCUT2D eigenvalue weighted by Gasteiger charge is 2.12. The van der Waals surface area contributed by atoms with E-state index in [9.17, 15) is 14.0 Å². The van der Waals surface area contributed by atoms with Crippen molar-refractivity contribution in [1.29, 1.82) is 0 Å². The van der Waals surface area contributed by atoms with E-state index in [4.69, 9.17) is 0 Å². The number of aryl methyl sites for hydroxylation is 1. The minimum atomic E-state index is -0.292. The van der Waals surface area contributed by atoms with Crippen molar-refractivity contribution in [1.82, 2.24) is 24.8 Å². The van der Waals surface area contributed by atoms with E-state index in [1.54, 1.807) is 24.5 Å². The number of benzene rings is 1. The molecule has 45 heavy (non-hydrogen) atoms. The average Bonchev–Trinajstić information content (AvgIpc) is 3.04.